The Morgan fingerprint density at radius 3 is 2.38 bits per heavy atom. The van der Waals surface area contributed by atoms with Crippen LogP contribution in [0.25, 0.3) is 5.76 Å². The number of aliphatic hydroxyl groups is 1. The van der Waals surface area contributed by atoms with E-state index >= 15 is 0 Å². The molecule has 0 radical (unpaired) electrons. The van der Waals surface area contributed by atoms with Crippen molar-refractivity contribution >= 4 is 50.7 Å². The summed E-state index contributed by atoms with van der Waals surface area (Å²) in [6.07, 6.45) is 0. The second-order valence-corrected chi connectivity index (χ2v) is 8.51. The van der Waals surface area contributed by atoms with Crippen molar-refractivity contribution < 1.29 is 19.4 Å². The molecule has 0 aromatic heterocycles. The molecule has 1 N–H and O–H groups in total. The molecule has 5 nitrogen and oxygen atoms in total. The monoisotopic (exact) mass is 511 g/mol. The third-order valence-electron chi connectivity index (χ3n) is 5.16. The van der Waals surface area contributed by atoms with E-state index in [2.05, 4.69) is 15.9 Å². The number of hydrogen-bond donors (Lipinski definition) is 1. The van der Waals surface area contributed by atoms with E-state index in [0.717, 1.165) is 4.47 Å². The number of amides is 1. The average molecular weight is 513 g/mol. The van der Waals surface area contributed by atoms with E-state index in [0.29, 0.717) is 34.2 Å². The van der Waals surface area contributed by atoms with Crippen LogP contribution in [0.3, 0.4) is 0 Å². The van der Waals surface area contributed by atoms with Crippen molar-refractivity contribution in [2.75, 3.05) is 11.5 Å². The number of rotatable bonds is 5. The SMILES string of the molecule is CCOc1ccc(C2/C(=C(\O)c3ccc(Br)cc3)C(=O)C(=O)N2c2cccc(Cl)c2)cc1. The van der Waals surface area contributed by atoms with Crippen LogP contribution in [-0.2, 0) is 9.59 Å². The number of benzene rings is 3. The van der Waals surface area contributed by atoms with Crippen LogP contribution >= 0.6 is 27.5 Å². The minimum absolute atomic E-state index is 0.0152. The fraction of sp³-hybridized carbons (Fsp3) is 0.120. The number of hydrogen-bond acceptors (Lipinski definition) is 4. The standard InChI is InChI=1S/C25H19BrClNO4/c1-2-32-20-12-8-15(9-13-20)22-21(23(29)16-6-10-17(26)11-7-16)24(30)25(31)28(22)19-5-3-4-18(27)14-19/h3-14,22,29H,2H2,1H3/b23-21+. The van der Waals surface area contributed by atoms with Gasteiger partial charge in [-0.05, 0) is 55.0 Å². The van der Waals surface area contributed by atoms with Crippen molar-refractivity contribution in [3.8, 4) is 5.75 Å². The van der Waals surface area contributed by atoms with Gasteiger partial charge >= 0.3 is 0 Å². The smallest absolute Gasteiger partial charge is 0.300 e. The average Bonchev–Trinajstić information content (AvgIpc) is 3.05. The van der Waals surface area contributed by atoms with Crippen molar-refractivity contribution in [2.24, 2.45) is 0 Å². The molecule has 1 fully saturated rings. The summed E-state index contributed by atoms with van der Waals surface area (Å²) in [5.41, 5.74) is 1.58. The fourth-order valence-corrected chi connectivity index (χ4v) is 4.17. The lowest BCUT2D eigenvalue weighted by atomic mass is 9.95. The molecule has 3 aromatic rings. The van der Waals surface area contributed by atoms with Crippen LogP contribution in [0, 0.1) is 0 Å². The van der Waals surface area contributed by atoms with Gasteiger partial charge in [-0.15, -0.1) is 0 Å². The van der Waals surface area contributed by atoms with Gasteiger partial charge in [0.1, 0.15) is 11.5 Å². The summed E-state index contributed by atoms with van der Waals surface area (Å²) in [5, 5.41) is 11.5. The van der Waals surface area contributed by atoms with Crippen molar-refractivity contribution in [3.05, 3.63) is 99.0 Å². The quantitative estimate of drug-likeness (QED) is 0.254. The summed E-state index contributed by atoms with van der Waals surface area (Å²) >= 11 is 9.52. The highest BCUT2D eigenvalue weighted by Crippen LogP contribution is 2.43. The maximum absolute atomic E-state index is 13.1. The third-order valence-corrected chi connectivity index (χ3v) is 5.92. The van der Waals surface area contributed by atoms with Crippen LogP contribution in [0.5, 0.6) is 5.75 Å². The Morgan fingerprint density at radius 2 is 1.75 bits per heavy atom. The van der Waals surface area contributed by atoms with Gasteiger partial charge in [0.25, 0.3) is 11.7 Å². The Labute approximate surface area is 199 Å². The molecule has 1 aliphatic heterocycles. The minimum atomic E-state index is -0.826. The van der Waals surface area contributed by atoms with Gasteiger partial charge in [0, 0.05) is 20.7 Å². The number of anilines is 1. The van der Waals surface area contributed by atoms with Crippen LogP contribution in [0.4, 0.5) is 5.69 Å². The summed E-state index contributed by atoms with van der Waals surface area (Å²) in [6, 6.07) is 19.9. The molecule has 3 aromatic carbocycles. The first kappa shape index (κ1) is 22.1. The number of ketones is 1. The molecule has 0 aliphatic carbocycles. The van der Waals surface area contributed by atoms with E-state index in [1.165, 1.54) is 4.90 Å². The molecule has 4 rings (SSSR count). The van der Waals surface area contributed by atoms with E-state index in [1.54, 1.807) is 72.8 Å². The van der Waals surface area contributed by atoms with Crippen molar-refractivity contribution in [1.82, 2.24) is 0 Å². The molecule has 1 amide bonds. The Kier molecular flexibility index (Phi) is 6.35. The number of ether oxygens (including phenoxy) is 1. The predicted octanol–water partition coefficient (Wildman–Crippen LogP) is 6.13. The first-order valence-electron chi connectivity index (χ1n) is 9.96. The second-order valence-electron chi connectivity index (χ2n) is 7.16. The highest BCUT2D eigenvalue weighted by molar-refractivity contribution is 9.10. The molecule has 32 heavy (non-hydrogen) atoms. The van der Waals surface area contributed by atoms with E-state index in [9.17, 15) is 14.7 Å². The zero-order valence-electron chi connectivity index (χ0n) is 17.1. The molecule has 1 atom stereocenters. The number of Topliss-reactive ketones (excluding diaryl/α,β-unsaturated/α-hetero) is 1. The van der Waals surface area contributed by atoms with Crippen molar-refractivity contribution in [2.45, 2.75) is 13.0 Å². The van der Waals surface area contributed by atoms with Crippen molar-refractivity contribution in [1.29, 1.82) is 0 Å². The molecule has 1 heterocycles. The Morgan fingerprint density at radius 1 is 1.06 bits per heavy atom. The minimum Gasteiger partial charge on any atom is -0.507 e. The van der Waals surface area contributed by atoms with Crippen LogP contribution < -0.4 is 9.64 Å². The van der Waals surface area contributed by atoms with Crippen LogP contribution in [0.15, 0.2) is 82.8 Å². The molecule has 0 bridgehead atoms. The van der Waals surface area contributed by atoms with E-state index in [4.69, 9.17) is 16.3 Å². The van der Waals surface area contributed by atoms with E-state index in [-0.39, 0.29) is 11.3 Å². The van der Waals surface area contributed by atoms with Crippen LogP contribution in [-0.4, -0.2) is 23.4 Å². The molecular formula is C25H19BrClNO4. The van der Waals surface area contributed by atoms with E-state index in [1.807, 2.05) is 6.92 Å². The van der Waals surface area contributed by atoms with Gasteiger partial charge in [-0.1, -0.05) is 57.9 Å². The number of halogens is 2. The van der Waals surface area contributed by atoms with Gasteiger partial charge in [0.15, 0.2) is 0 Å². The largest absolute Gasteiger partial charge is 0.507 e. The van der Waals surface area contributed by atoms with Gasteiger partial charge in [0.2, 0.25) is 0 Å². The Bertz CT molecular complexity index is 1210. The lowest BCUT2D eigenvalue weighted by molar-refractivity contribution is -0.132. The first-order chi connectivity index (χ1) is 15.4. The molecule has 7 heteroatoms. The van der Waals surface area contributed by atoms with Gasteiger partial charge in [-0.25, -0.2) is 0 Å². The molecule has 1 unspecified atom stereocenters. The number of nitrogens with zero attached hydrogens (tertiary/aromatic N) is 1. The number of aliphatic hydroxyl groups excluding tert-OH is 1. The highest BCUT2D eigenvalue weighted by Gasteiger charge is 2.47. The summed E-state index contributed by atoms with van der Waals surface area (Å²) in [4.78, 5) is 27.6. The summed E-state index contributed by atoms with van der Waals surface area (Å²) < 4.78 is 6.35. The summed E-state index contributed by atoms with van der Waals surface area (Å²) in [5.74, 6) is -1.06. The van der Waals surface area contributed by atoms with Crippen LogP contribution in [0.2, 0.25) is 5.02 Å². The molecule has 1 aliphatic rings. The van der Waals surface area contributed by atoms with Crippen LogP contribution in [0.1, 0.15) is 24.1 Å². The van der Waals surface area contributed by atoms with Gasteiger partial charge < -0.3 is 9.84 Å². The molecule has 0 spiro atoms. The second kappa shape index (κ2) is 9.18. The van der Waals surface area contributed by atoms with E-state index < -0.39 is 17.7 Å². The maximum atomic E-state index is 13.1. The molecule has 1 saturated heterocycles. The summed E-state index contributed by atoms with van der Waals surface area (Å²) in [6.45, 7) is 2.41. The van der Waals surface area contributed by atoms with Gasteiger partial charge in [-0.2, -0.15) is 0 Å². The lowest BCUT2D eigenvalue weighted by Gasteiger charge is -2.25. The zero-order valence-corrected chi connectivity index (χ0v) is 19.4. The number of carbonyl (C=O) groups excluding carboxylic acids is 2. The summed E-state index contributed by atoms with van der Waals surface area (Å²) in [7, 11) is 0. The van der Waals surface area contributed by atoms with Gasteiger partial charge in [-0.3, -0.25) is 14.5 Å². The topological polar surface area (TPSA) is 66.8 Å². The Hall–Kier alpha value is -3.09. The molecular weight excluding hydrogens is 494 g/mol. The number of carbonyl (C=O) groups is 2. The fourth-order valence-electron chi connectivity index (χ4n) is 3.72. The maximum Gasteiger partial charge on any atom is 0.300 e. The van der Waals surface area contributed by atoms with Gasteiger partial charge in [0.05, 0.1) is 18.2 Å². The lowest BCUT2D eigenvalue weighted by Crippen LogP contribution is -2.29. The molecule has 162 valence electrons. The normalized spacial score (nSPS) is 17.6. The molecule has 0 saturated carbocycles. The predicted molar refractivity (Wildman–Crippen MR) is 128 cm³/mol. The first-order valence-corrected chi connectivity index (χ1v) is 11.1. The zero-order chi connectivity index (χ0) is 22.8. The Balaban J connectivity index is 1.91. The highest BCUT2D eigenvalue weighted by atomic mass is 79.9. The third kappa shape index (κ3) is 4.16. The van der Waals surface area contributed by atoms with Crippen molar-refractivity contribution in [3.63, 3.8) is 0 Å².